The van der Waals surface area contributed by atoms with Crippen LogP contribution >= 0.6 is 27.3 Å². The lowest BCUT2D eigenvalue weighted by Crippen LogP contribution is -2.13. The fourth-order valence-electron chi connectivity index (χ4n) is 3.47. The van der Waals surface area contributed by atoms with Crippen molar-refractivity contribution in [3.63, 3.8) is 0 Å². The van der Waals surface area contributed by atoms with Crippen molar-refractivity contribution in [2.24, 2.45) is 10.2 Å². The number of aromatic amines is 1. The summed E-state index contributed by atoms with van der Waals surface area (Å²) in [7, 11) is 0. The molecule has 11 heteroatoms. The van der Waals surface area contributed by atoms with Gasteiger partial charge in [0, 0.05) is 33.1 Å². The van der Waals surface area contributed by atoms with Crippen LogP contribution in [0.5, 0.6) is 0 Å². The number of thiazole rings is 1. The van der Waals surface area contributed by atoms with E-state index in [-0.39, 0.29) is 11.4 Å². The smallest absolute Gasteiger partial charge is 0.286 e. The second-order valence-electron chi connectivity index (χ2n) is 7.79. The molecule has 2 aromatic heterocycles. The highest BCUT2D eigenvalue weighted by atomic mass is 79.9. The molecule has 0 bridgehead atoms. The van der Waals surface area contributed by atoms with Gasteiger partial charge < -0.3 is 0 Å². The number of aryl methyl sites for hydroxylation is 1. The van der Waals surface area contributed by atoms with E-state index in [4.69, 9.17) is 0 Å². The molecule has 1 N–H and O–H groups in total. The number of nitro groups is 1. The first kappa shape index (κ1) is 23.5. The molecular weight excluding hydrogens is 544 g/mol. The van der Waals surface area contributed by atoms with E-state index in [2.05, 4.69) is 36.2 Å². The van der Waals surface area contributed by atoms with E-state index in [0.29, 0.717) is 22.1 Å². The van der Waals surface area contributed by atoms with Gasteiger partial charge in [-0.15, -0.1) is 16.5 Å². The zero-order valence-electron chi connectivity index (χ0n) is 18.8. The number of azo groups is 1. The van der Waals surface area contributed by atoms with Gasteiger partial charge in [-0.05, 0) is 36.8 Å². The maximum atomic E-state index is 13.5. The van der Waals surface area contributed by atoms with E-state index in [0.717, 1.165) is 21.3 Å². The van der Waals surface area contributed by atoms with E-state index < -0.39 is 10.5 Å². The molecule has 36 heavy (non-hydrogen) atoms. The number of non-ortho nitro benzene ring substituents is 1. The van der Waals surface area contributed by atoms with Crippen molar-refractivity contribution in [2.45, 2.75) is 6.92 Å². The normalized spacial score (nSPS) is 11.3. The molecule has 0 saturated carbocycles. The molecule has 0 aliphatic carbocycles. The molecule has 0 unspecified atom stereocenters. The fourth-order valence-corrected chi connectivity index (χ4v) is 4.62. The Morgan fingerprint density at radius 1 is 1.03 bits per heavy atom. The molecular formula is C25H17BrN6O3S. The van der Waals surface area contributed by atoms with Crippen LogP contribution in [0.15, 0.2) is 97.7 Å². The summed E-state index contributed by atoms with van der Waals surface area (Å²) in [6.07, 6.45) is 0. The second-order valence-corrected chi connectivity index (χ2v) is 9.49. The lowest BCUT2D eigenvalue weighted by Gasteiger charge is -2.00. The van der Waals surface area contributed by atoms with Crippen molar-refractivity contribution in [2.75, 3.05) is 0 Å². The SMILES string of the molecule is Cc1ccc(N=Nc2c(-c3ccc([N+](=O)[O-])cc3)[nH]n(-c3nc(-c4ccccc4)cs3)c2=O)cc1Br. The molecule has 0 radical (unpaired) electrons. The predicted molar refractivity (Wildman–Crippen MR) is 143 cm³/mol. The quantitative estimate of drug-likeness (QED) is 0.132. The topological polar surface area (TPSA) is 119 Å². The molecule has 0 amide bonds. The Morgan fingerprint density at radius 2 is 1.78 bits per heavy atom. The monoisotopic (exact) mass is 560 g/mol. The highest BCUT2D eigenvalue weighted by Crippen LogP contribution is 2.31. The Hall–Kier alpha value is -4.22. The number of nitrogens with zero attached hydrogens (tertiary/aromatic N) is 5. The molecule has 0 atom stereocenters. The summed E-state index contributed by atoms with van der Waals surface area (Å²) >= 11 is 4.78. The number of nitro benzene ring substituents is 1. The highest BCUT2D eigenvalue weighted by Gasteiger charge is 2.20. The van der Waals surface area contributed by atoms with Crippen LogP contribution in [-0.2, 0) is 0 Å². The number of hydrogen-bond donors (Lipinski definition) is 1. The molecule has 5 rings (SSSR count). The molecule has 2 heterocycles. The summed E-state index contributed by atoms with van der Waals surface area (Å²) in [5.41, 5.74) is 3.78. The first-order chi connectivity index (χ1) is 17.4. The predicted octanol–water partition coefficient (Wildman–Crippen LogP) is 7.35. The number of aromatic nitrogens is 3. The van der Waals surface area contributed by atoms with Crippen LogP contribution in [0.25, 0.3) is 27.6 Å². The van der Waals surface area contributed by atoms with Crippen LogP contribution in [-0.4, -0.2) is 19.7 Å². The molecule has 5 aromatic rings. The van der Waals surface area contributed by atoms with Gasteiger partial charge in [-0.2, -0.15) is 9.80 Å². The maximum absolute atomic E-state index is 13.5. The third-order valence-corrected chi connectivity index (χ3v) is 7.09. The zero-order valence-corrected chi connectivity index (χ0v) is 21.2. The van der Waals surface area contributed by atoms with Crippen molar-refractivity contribution in [1.82, 2.24) is 14.8 Å². The van der Waals surface area contributed by atoms with Gasteiger partial charge >= 0.3 is 5.56 Å². The number of nitrogens with one attached hydrogen (secondary N) is 1. The standard InChI is InChI=1S/C25H17BrN6O3S/c1-15-7-10-18(13-20(15)26)28-29-23-22(17-8-11-19(12-9-17)32(34)35)30-31(24(23)33)25-27-21(14-36-25)16-5-3-2-4-6-16/h2-14,30H,1H3. The van der Waals surface area contributed by atoms with Crippen molar-refractivity contribution < 1.29 is 4.92 Å². The Balaban J connectivity index is 1.61. The molecule has 0 aliphatic heterocycles. The third-order valence-electron chi connectivity index (χ3n) is 5.41. The molecule has 0 spiro atoms. The first-order valence-electron chi connectivity index (χ1n) is 10.7. The zero-order chi connectivity index (χ0) is 25.2. The Bertz CT molecular complexity index is 1660. The average Bonchev–Trinajstić information content (AvgIpc) is 3.50. The largest absolute Gasteiger partial charge is 0.301 e. The lowest BCUT2D eigenvalue weighted by molar-refractivity contribution is -0.384. The van der Waals surface area contributed by atoms with Gasteiger partial charge in [-0.3, -0.25) is 20.0 Å². The summed E-state index contributed by atoms with van der Waals surface area (Å²) < 4.78 is 2.19. The highest BCUT2D eigenvalue weighted by molar-refractivity contribution is 9.10. The lowest BCUT2D eigenvalue weighted by atomic mass is 10.1. The van der Waals surface area contributed by atoms with E-state index >= 15 is 0 Å². The van der Waals surface area contributed by atoms with Crippen LogP contribution in [0.4, 0.5) is 17.1 Å². The van der Waals surface area contributed by atoms with Crippen molar-refractivity contribution >= 4 is 44.3 Å². The number of hydrogen-bond acceptors (Lipinski definition) is 7. The summed E-state index contributed by atoms with van der Waals surface area (Å²) in [4.78, 5) is 28.7. The summed E-state index contributed by atoms with van der Waals surface area (Å²) in [5.74, 6) is 0. The minimum Gasteiger partial charge on any atom is -0.286 e. The van der Waals surface area contributed by atoms with Gasteiger partial charge in [0.15, 0.2) is 5.69 Å². The fraction of sp³-hybridized carbons (Fsp3) is 0.0400. The molecule has 0 fully saturated rings. The minimum absolute atomic E-state index is 0.0550. The van der Waals surface area contributed by atoms with E-state index in [1.165, 1.54) is 28.2 Å². The molecule has 3 aromatic carbocycles. The average molecular weight is 561 g/mol. The Labute approximate surface area is 217 Å². The van der Waals surface area contributed by atoms with E-state index in [1.54, 1.807) is 18.2 Å². The Kier molecular flexibility index (Phi) is 6.40. The number of halogens is 1. The third kappa shape index (κ3) is 4.66. The van der Waals surface area contributed by atoms with Crippen LogP contribution in [0, 0.1) is 17.0 Å². The number of rotatable bonds is 6. The van der Waals surface area contributed by atoms with Gasteiger partial charge in [0.25, 0.3) is 5.69 Å². The van der Waals surface area contributed by atoms with Crippen LogP contribution in [0.3, 0.4) is 0 Å². The van der Waals surface area contributed by atoms with Gasteiger partial charge in [0.05, 0.1) is 22.0 Å². The van der Waals surface area contributed by atoms with Crippen molar-refractivity contribution in [1.29, 1.82) is 0 Å². The summed E-state index contributed by atoms with van der Waals surface area (Å²) in [5, 5.41) is 25.0. The first-order valence-corrected chi connectivity index (χ1v) is 12.4. The molecule has 9 nitrogen and oxygen atoms in total. The second kappa shape index (κ2) is 9.80. The van der Waals surface area contributed by atoms with Crippen LogP contribution < -0.4 is 5.56 Å². The Morgan fingerprint density at radius 3 is 2.47 bits per heavy atom. The summed E-state index contributed by atoms with van der Waals surface area (Å²) in [6, 6.07) is 21.0. The van der Waals surface area contributed by atoms with Crippen molar-refractivity contribution in [3.05, 3.63) is 109 Å². The van der Waals surface area contributed by atoms with Crippen LogP contribution in [0.1, 0.15) is 5.56 Å². The van der Waals surface area contributed by atoms with Gasteiger partial charge in [0.1, 0.15) is 0 Å². The van der Waals surface area contributed by atoms with E-state index in [1.807, 2.05) is 54.8 Å². The minimum atomic E-state index is -0.478. The number of H-pyrrole nitrogens is 1. The molecule has 0 saturated heterocycles. The number of benzene rings is 3. The molecule has 178 valence electrons. The maximum Gasteiger partial charge on any atom is 0.301 e. The van der Waals surface area contributed by atoms with E-state index in [9.17, 15) is 14.9 Å². The summed E-state index contributed by atoms with van der Waals surface area (Å²) in [6.45, 7) is 1.96. The van der Waals surface area contributed by atoms with Gasteiger partial charge in [0.2, 0.25) is 5.13 Å². The van der Waals surface area contributed by atoms with Gasteiger partial charge in [-0.25, -0.2) is 4.98 Å². The van der Waals surface area contributed by atoms with Crippen LogP contribution in [0.2, 0.25) is 0 Å². The molecule has 0 aliphatic rings. The van der Waals surface area contributed by atoms with Crippen molar-refractivity contribution in [3.8, 4) is 27.6 Å². The van der Waals surface area contributed by atoms with Gasteiger partial charge in [-0.1, -0.05) is 52.3 Å².